The molecule has 3 heteroatoms. The Morgan fingerprint density at radius 2 is 2.64 bits per heavy atom. The fourth-order valence-corrected chi connectivity index (χ4v) is 2.06. The van der Waals surface area contributed by atoms with E-state index in [0.717, 1.165) is 23.0 Å². The SMILES string of the molecule is C=C(C)c1cn2c(n1)SCC2. The Balaban J connectivity index is 2.42. The van der Waals surface area contributed by atoms with Crippen molar-refractivity contribution in [2.45, 2.75) is 18.6 Å². The van der Waals surface area contributed by atoms with E-state index in [-0.39, 0.29) is 0 Å². The Hall–Kier alpha value is -0.700. The van der Waals surface area contributed by atoms with Gasteiger partial charge < -0.3 is 4.57 Å². The molecule has 0 spiro atoms. The van der Waals surface area contributed by atoms with Gasteiger partial charge in [0.2, 0.25) is 0 Å². The molecule has 0 aromatic carbocycles. The van der Waals surface area contributed by atoms with Crippen LogP contribution in [0.1, 0.15) is 12.6 Å². The summed E-state index contributed by atoms with van der Waals surface area (Å²) in [5.41, 5.74) is 2.08. The van der Waals surface area contributed by atoms with E-state index in [1.54, 1.807) is 0 Å². The fourth-order valence-electron chi connectivity index (χ4n) is 1.12. The van der Waals surface area contributed by atoms with Gasteiger partial charge in [0.25, 0.3) is 0 Å². The third kappa shape index (κ3) is 1.09. The lowest BCUT2D eigenvalue weighted by Gasteiger charge is -1.90. The number of allylic oxidation sites excluding steroid dienone is 1. The number of nitrogens with zero attached hydrogens (tertiary/aromatic N) is 2. The van der Waals surface area contributed by atoms with Crippen LogP contribution in [0.25, 0.3) is 5.57 Å². The second-order valence-electron chi connectivity index (χ2n) is 2.73. The average Bonchev–Trinajstić information content (AvgIpc) is 2.40. The van der Waals surface area contributed by atoms with E-state index in [4.69, 9.17) is 0 Å². The summed E-state index contributed by atoms with van der Waals surface area (Å²) in [4.78, 5) is 4.42. The molecule has 2 rings (SSSR count). The first-order chi connectivity index (χ1) is 5.27. The Morgan fingerprint density at radius 3 is 3.27 bits per heavy atom. The molecular weight excluding hydrogens is 156 g/mol. The lowest BCUT2D eigenvalue weighted by molar-refractivity contribution is 0.719. The molecule has 0 amide bonds. The highest BCUT2D eigenvalue weighted by Gasteiger charge is 2.13. The number of imidazole rings is 1. The topological polar surface area (TPSA) is 17.8 Å². The van der Waals surface area contributed by atoms with Gasteiger partial charge in [0, 0.05) is 18.5 Å². The van der Waals surface area contributed by atoms with Crippen molar-refractivity contribution in [3.05, 3.63) is 18.5 Å². The number of hydrogen-bond donors (Lipinski definition) is 0. The molecule has 0 fully saturated rings. The largest absolute Gasteiger partial charge is 0.325 e. The van der Waals surface area contributed by atoms with Gasteiger partial charge in [-0.1, -0.05) is 18.3 Å². The quantitative estimate of drug-likeness (QED) is 0.635. The normalized spacial score (nSPS) is 15.0. The predicted molar refractivity (Wildman–Crippen MR) is 47.7 cm³/mol. The van der Waals surface area contributed by atoms with Crippen LogP contribution in [-0.2, 0) is 6.54 Å². The van der Waals surface area contributed by atoms with Gasteiger partial charge in [0.1, 0.15) is 0 Å². The van der Waals surface area contributed by atoms with Gasteiger partial charge in [-0.15, -0.1) is 0 Å². The molecule has 0 bridgehead atoms. The Morgan fingerprint density at radius 1 is 1.82 bits per heavy atom. The van der Waals surface area contributed by atoms with Crippen molar-refractivity contribution in [1.82, 2.24) is 9.55 Å². The molecule has 1 aromatic heterocycles. The van der Waals surface area contributed by atoms with Crippen LogP contribution in [0.2, 0.25) is 0 Å². The standard InChI is InChI=1S/C8H10N2S/c1-6(2)7-5-10-3-4-11-8(10)9-7/h5H,1,3-4H2,2H3. The predicted octanol–water partition coefficient (Wildman–Crippen LogP) is 2.02. The molecule has 0 N–H and O–H groups in total. The zero-order valence-corrected chi connectivity index (χ0v) is 7.32. The van der Waals surface area contributed by atoms with Crippen LogP contribution in [0.3, 0.4) is 0 Å². The van der Waals surface area contributed by atoms with Crippen molar-refractivity contribution in [2.75, 3.05) is 5.75 Å². The zero-order valence-electron chi connectivity index (χ0n) is 6.50. The van der Waals surface area contributed by atoms with E-state index in [1.165, 1.54) is 5.75 Å². The monoisotopic (exact) mass is 166 g/mol. The van der Waals surface area contributed by atoms with Crippen molar-refractivity contribution in [1.29, 1.82) is 0 Å². The van der Waals surface area contributed by atoms with E-state index in [1.807, 2.05) is 18.7 Å². The van der Waals surface area contributed by atoms with Gasteiger partial charge in [-0.3, -0.25) is 0 Å². The Labute approximate surface area is 70.3 Å². The number of hydrogen-bond acceptors (Lipinski definition) is 2. The molecular formula is C8H10N2S. The first kappa shape index (κ1) is 6.98. The molecule has 0 saturated carbocycles. The summed E-state index contributed by atoms with van der Waals surface area (Å²) in [5.74, 6) is 1.17. The maximum absolute atomic E-state index is 4.42. The van der Waals surface area contributed by atoms with Gasteiger partial charge in [0.05, 0.1) is 5.69 Å². The van der Waals surface area contributed by atoms with E-state index in [9.17, 15) is 0 Å². The van der Waals surface area contributed by atoms with Crippen molar-refractivity contribution in [3.8, 4) is 0 Å². The molecule has 11 heavy (non-hydrogen) atoms. The third-order valence-corrected chi connectivity index (χ3v) is 2.71. The summed E-state index contributed by atoms with van der Waals surface area (Å²) in [7, 11) is 0. The van der Waals surface area contributed by atoms with Crippen molar-refractivity contribution in [3.63, 3.8) is 0 Å². The van der Waals surface area contributed by atoms with Crippen LogP contribution >= 0.6 is 11.8 Å². The van der Waals surface area contributed by atoms with Crippen LogP contribution in [0.15, 0.2) is 17.9 Å². The van der Waals surface area contributed by atoms with E-state index >= 15 is 0 Å². The van der Waals surface area contributed by atoms with Crippen LogP contribution in [-0.4, -0.2) is 15.3 Å². The minimum absolute atomic E-state index is 1.03. The van der Waals surface area contributed by atoms with Crippen LogP contribution in [0, 0.1) is 0 Å². The van der Waals surface area contributed by atoms with Gasteiger partial charge in [0.15, 0.2) is 5.16 Å². The number of rotatable bonds is 1. The van der Waals surface area contributed by atoms with Gasteiger partial charge in [-0.25, -0.2) is 4.98 Å². The van der Waals surface area contributed by atoms with Crippen molar-refractivity contribution in [2.24, 2.45) is 0 Å². The summed E-state index contributed by atoms with van der Waals surface area (Å²) >= 11 is 1.82. The molecule has 0 unspecified atom stereocenters. The Kier molecular flexibility index (Phi) is 1.53. The molecule has 2 nitrogen and oxygen atoms in total. The second-order valence-corrected chi connectivity index (χ2v) is 3.79. The van der Waals surface area contributed by atoms with Crippen LogP contribution < -0.4 is 0 Å². The summed E-state index contributed by atoms with van der Waals surface area (Å²) in [5, 5.41) is 1.14. The molecule has 2 heterocycles. The fraction of sp³-hybridized carbons (Fsp3) is 0.375. The van der Waals surface area contributed by atoms with Crippen LogP contribution in [0.4, 0.5) is 0 Å². The molecule has 1 aliphatic heterocycles. The number of thioether (sulfide) groups is 1. The molecule has 1 aromatic rings. The molecule has 0 radical (unpaired) electrons. The first-order valence-corrected chi connectivity index (χ1v) is 4.62. The molecule has 0 saturated heterocycles. The molecule has 58 valence electrons. The zero-order chi connectivity index (χ0) is 7.84. The highest BCUT2D eigenvalue weighted by atomic mass is 32.2. The van der Waals surface area contributed by atoms with Gasteiger partial charge >= 0.3 is 0 Å². The number of aryl methyl sites for hydroxylation is 1. The smallest absolute Gasteiger partial charge is 0.168 e. The van der Waals surface area contributed by atoms with E-state index in [0.29, 0.717) is 0 Å². The average molecular weight is 166 g/mol. The molecule has 0 atom stereocenters. The summed E-state index contributed by atoms with van der Waals surface area (Å²) in [6.45, 7) is 6.94. The van der Waals surface area contributed by atoms with Crippen molar-refractivity contribution >= 4 is 17.3 Å². The third-order valence-electron chi connectivity index (χ3n) is 1.74. The lowest BCUT2D eigenvalue weighted by atomic mass is 10.3. The first-order valence-electron chi connectivity index (χ1n) is 3.63. The highest BCUT2D eigenvalue weighted by molar-refractivity contribution is 7.99. The van der Waals surface area contributed by atoms with Crippen molar-refractivity contribution < 1.29 is 0 Å². The molecule has 0 aliphatic carbocycles. The minimum Gasteiger partial charge on any atom is -0.325 e. The minimum atomic E-state index is 1.03. The Bertz CT molecular complexity index is 280. The van der Waals surface area contributed by atoms with E-state index in [2.05, 4.69) is 22.3 Å². The van der Waals surface area contributed by atoms with Gasteiger partial charge in [-0.2, -0.15) is 0 Å². The maximum atomic E-state index is 4.42. The van der Waals surface area contributed by atoms with Crippen LogP contribution in [0.5, 0.6) is 0 Å². The number of aromatic nitrogens is 2. The maximum Gasteiger partial charge on any atom is 0.168 e. The van der Waals surface area contributed by atoms with Gasteiger partial charge in [-0.05, 0) is 12.5 Å². The van der Waals surface area contributed by atoms with E-state index < -0.39 is 0 Å². The summed E-state index contributed by atoms with van der Waals surface area (Å²) in [6, 6.07) is 0. The number of fused-ring (bicyclic) bond motifs is 1. The summed E-state index contributed by atoms with van der Waals surface area (Å²) < 4.78 is 2.19. The lowest BCUT2D eigenvalue weighted by Crippen LogP contribution is -1.89. The second kappa shape index (κ2) is 2.41. The molecule has 1 aliphatic rings. The highest BCUT2D eigenvalue weighted by Crippen LogP contribution is 2.26. The summed E-state index contributed by atoms with van der Waals surface area (Å²) in [6.07, 6.45) is 2.08.